The Balaban J connectivity index is 1.84. The second-order valence-corrected chi connectivity index (χ2v) is 4.46. The number of nitrogens with zero attached hydrogens (tertiary/aromatic N) is 3. The third-order valence-corrected chi connectivity index (χ3v) is 3.07. The molecule has 2 aromatic heterocycles. The molecular weight excluding hydrogens is 266 g/mol. The Hall–Kier alpha value is -1.87. The number of aliphatic hydroxyl groups excluding tert-OH is 3. The van der Waals surface area contributed by atoms with Crippen LogP contribution < -0.4 is 0 Å². The summed E-state index contributed by atoms with van der Waals surface area (Å²) in [7, 11) is 0. The minimum absolute atomic E-state index is 0.0316. The van der Waals surface area contributed by atoms with E-state index >= 15 is 0 Å². The zero-order chi connectivity index (χ0) is 14.1. The van der Waals surface area contributed by atoms with Gasteiger partial charge in [0.15, 0.2) is 6.10 Å². The standard InChI is InChI=1S/C12H13N3O5/c16-7-5-19-10(9(18)8(7)17)12-15-14-11(20-12)6-3-1-2-4-13-6/h1-4,7-10,16-18H,5H2/t7-,8+,9?,10-/m1/s1. The highest BCUT2D eigenvalue weighted by Crippen LogP contribution is 2.29. The third-order valence-electron chi connectivity index (χ3n) is 3.07. The van der Waals surface area contributed by atoms with Crippen molar-refractivity contribution >= 4 is 0 Å². The maximum atomic E-state index is 9.86. The van der Waals surface area contributed by atoms with Crippen LogP contribution in [0.1, 0.15) is 12.0 Å². The second-order valence-electron chi connectivity index (χ2n) is 4.46. The lowest BCUT2D eigenvalue weighted by Gasteiger charge is -2.33. The molecule has 0 aliphatic carbocycles. The first-order valence-corrected chi connectivity index (χ1v) is 6.07. The van der Waals surface area contributed by atoms with Crippen molar-refractivity contribution in [1.29, 1.82) is 0 Å². The van der Waals surface area contributed by atoms with Crippen LogP contribution in [-0.4, -0.2) is 55.4 Å². The van der Waals surface area contributed by atoms with Gasteiger partial charge in [0.25, 0.3) is 5.89 Å². The molecule has 0 bridgehead atoms. The van der Waals surface area contributed by atoms with Crippen molar-refractivity contribution in [2.45, 2.75) is 24.4 Å². The summed E-state index contributed by atoms with van der Waals surface area (Å²) in [6.45, 7) is -0.121. The van der Waals surface area contributed by atoms with E-state index in [0.29, 0.717) is 5.69 Å². The van der Waals surface area contributed by atoms with Crippen molar-refractivity contribution in [3.05, 3.63) is 30.3 Å². The molecule has 20 heavy (non-hydrogen) atoms. The van der Waals surface area contributed by atoms with E-state index in [1.54, 1.807) is 24.4 Å². The number of rotatable bonds is 2. The highest BCUT2D eigenvalue weighted by Gasteiger charge is 2.41. The summed E-state index contributed by atoms with van der Waals surface area (Å²) in [5.41, 5.74) is 0.497. The molecule has 1 unspecified atom stereocenters. The van der Waals surface area contributed by atoms with Gasteiger partial charge in [-0.15, -0.1) is 10.2 Å². The Morgan fingerprint density at radius 3 is 2.70 bits per heavy atom. The fraction of sp³-hybridized carbons (Fsp3) is 0.417. The van der Waals surface area contributed by atoms with Crippen LogP contribution in [0.15, 0.2) is 28.8 Å². The van der Waals surface area contributed by atoms with Gasteiger partial charge in [0.05, 0.1) is 6.61 Å². The van der Waals surface area contributed by atoms with E-state index in [1.807, 2.05) is 0 Å². The Morgan fingerprint density at radius 1 is 1.10 bits per heavy atom. The van der Waals surface area contributed by atoms with Gasteiger partial charge in [-0.2, -0.15) is 0 Å². The zero-order valence-electron chi connectivity index (χ0n) is 10.3. The van der Waals surface area contributed by atoms with Gasteiger partial charge in [-0.3, -0.25) is 4.98 Å². The lowest BCUT2D eigenvalue weighted by molar-refractivity contribution is -0.194. The minimum atomic E-state index is -1.34. The van der Waals surface area contributed by atoms with E-state index in [4.69, 9.17) is 9.15 Å². The fourth-order valence-corrected chi connectivity index (χ4v) is 1.97. The van der Waals surface area contributed by atoms with Crippen LogP contribution in [-0.2, 0) is 4.74 Å². The van der Waals surface area contributed by atoms with Crippen LogP contribution in [0.2, 0.25) is 0 Å². The first-order valence-electron chi connectivity index (χ1n) is 6.07. The van der Waals surface area contributed by atoms with Gasteiger partial charge in [-0.25, -0.2) is 0 Å². The van der Waals surface area contributed by atoms with Crippen molar-refractivity contribution in [3.63, 3.8) is 0 Å². The van der Waals surface area contributed by atoms with Gasteiger partial charge in [-0.1, -0.05) is 6.07 Å². The maximum Gasteiger partial charge on any atom is 0.266 e. The molecule has 106 valence electrons. The normalized spacial score (nSPS) is 30.4. The van der Waals surface area contributed by atoms with Crippen LogP contribution in [0.25, 0.3) is 11.6 Å². The monoisotopic (exact) mass is 279 g/mol. The summed E-state index contributed by atoms with van der Waals surface area (Å²) in [5.74, 6) is 0.223. The summed E-state index contributed by atoms with van der Waals surface area (Å²) in [6.07, 6.45) is -3.18. The number of pyridine rings is 1. The number of hydrogen-bond acceptors (Lipinski definition) is 8. The molecule has 3 heterocycles. The maximum absolute atomic E-state index is 9.86. The number of ether oxygens (including phenoxy) is 1. The lowest BCUT2D eigenvalue weighted by atomic mass is 10.0. The molecule has 4 atom stereocenters. The largest absolute Gasteiger partial charge is 0.416 e. The summed E-state index contributed by atoms with van der Waals surface area (Å²) in [5, 5.41) is 36.5. The van der Waals surface area contributed by atoms with Gasteiger partial charge in [0, 0.05) is 6.20 Å². The Bertz CT molecular complexity index is 575. The molecule has 1 aliphatic heterocycles. The number of hydrogen-bond donors (Lipinski definition) is 3. The summed E-state index contributed by atoms with van der Waals surface area (Å²) < 4.78 is 10.6. The van der Waals surface area contributed by atoms with E-state index in [9.17, 15) is 15.3 Å². The zero-order valence-corrected chi connectivity index (χ0v) is 10.3. The van der Waals surface area contributed by atoms with Crippen molar-refractivity contribution in [1.82, 2.24) is 15.2 Å². The van der Waals surface area contributed by atoms with Gasteiger partial charge in [-0.05, 0) is 12.1 Å². The van der Waals surface area contributed by atoms with Crippen LogP contribution in [0, 0.1) is 0 Å². The topological polar surface area (TPSA) is 122 Å². The molecular formula is C12H13N3O5. The van der Waals surface area contributed by atoms with E-state index in [1.165, 1.54) is 0 Å². The Kier molecular flexibility index (Phi) is 3.45. The highest BCUT2D eigenvalue weighted by molar-refractivity contribution is 5.44. The molecule has 0 amide bonds. The molecule has 0 aromatic carbocycles. The molecule has 2 aromatic rings. The predicted molar refractivity (Wildman–Crippen MR) is 64.2 cm³/mol. The molecule has 0 saturated carbocycles. The van der Waals surface area contributed by atoms with E-state index in [0.717, 1.165) is 0 Å². The summed E-state index contributed by atoms with van der Waals surface area (Å²) in [4.78, 5) is 4.06. The van der Waals surface area contributed by atoms with Crippen molar-refractivity contribution < 1.29 is 24.5 Å². The molecule has 8 nitrogen and oxygen atoms in total. The quantitative estimate of drug-likeness (QED) is 0.658. The lowest BCUT2D eigenvalue weighted by Crippen LogP contribution is -2.49. The number of aliphatic hydroxyl groups is 3. The molecule has 3 rings (SSSR count). The molecule has 3 N–H and O–H groups in total. The van der Waals surface area contributed by atoms with Crippen LogP contribution in [0.4, 0.5) is 0 Å². The van der Waals surface area contributed by atoms with E-state index < -0.39 is 24.4 Å². The van der Waals surface area contributed by atoms with Crippen LogP contribution in [0.3, 0.4) is 0 Å². The van der Waals surface area contributed by atoms with Gasteiger partial charge < -0.3 is 24.5 Å². The highest BCUT2D eigenvalue weighted by atomic mass is 16.5. The van der Waals surface area contributed by atoms with Gasteiger partial charge in [0.1, 0.15) is 24.0 Å². The number of aromatic nitrogens is 3. The van der Waals surface area contributed by atoms with Crippen molar-refractivity contribution in [3.8, 4) is 11.6 Å². The predicted octanol–water partition coefficient (Wildman–Crippen LogP) is -0.714. The molecule has 0 radical (unpaired) electrons. The third kappa shape index (κ3) is 2.29. The molecule has 1 saturated heterocycles. The second kappa shape index (κ2) is 5.25. The van der Waals surface area contributed by atoms with Crippen molar-refractivity contribution in [2.75, 3.05) is 6.61 Å². The summed E-state index contributed by atoms with van der Waals surface area (Å²) in [6, 6.07) is 5.23. The van der Waals surface area contributed by atoms with Crippen molar-refractivity contribution in [2.24, 2.45) is 0 Å². The molecule has 0 spiro atoms. The van der Waals surface area contributed by atoms with Crippen LogP contribution >= 0.6 is 0 Å². The average molecular weight is 279 g/mol. The van der Waals surface area contributed by atoms with E-state index in [2.05, 4.69) is 15.2 Å². The SMILES string of the molecule is OC1[C@@H](O)[C@H](O)CO[C@H]1c1nnc(-c2ccccn2)o1. The minimum Gasteiger partial charge on any atom is -0.416 e. The summed E-state index contributed by atoms with van der Waals surface area (Å²) >= 11 is 0. The Labute approximate surface area is 113 Å². The smallest absolute Gasteiger partial charge is 0.266 e. The fourth-order valence-electron chi connectivity index (χ4n) is 1.97. The Morgan fingerprint density at radius 2 is 1.95 bits per heavy atom. The van der Waals surface area contributed by atoms with Gasteiger partial charge in [0.2, 0.25) is 5.89 Å². The van der Waals surface area contributed by atoms with Gasteiger partial charge >= 0.3 is 0 Å². The van der Waals surface area contributed by atoms with Crippen LogP contribution in [0.5, 0.6) is 0 Å². The molecule has 1 fully saturated rings. The molecule has 1 aliphatic rings. The first kappa shape index (κ1) is 13.1. The first-order chi connectivity index (χ1) is 9.66. The molecule has 8 heteroatoms. The average Bonchev–Trinajstić information content (AvgIpc) is 2.95. The van der Waals surface area contributed by atoms with E-state index in [-0.39, 0.29) is 18.4 Å².